The van der Waals surface area contributed by atoms with Gasteiger partial charge in [0.25, 0.3) is 0 Å². The molecular weight excluding hydrogens is 298 g/mol. The van der Waals surface area contributed by atoms with Gasteiger partial charge in [-0.2, -0.15) is 5.10 Å². The van der Waals surface area contributed by atoms with Crippen LogP contribution in [0.5, 0.6) is 0 Å². The third-order valence-electron chi connectivity index (χ3n) is 3.54. The molecule has 0 bridgehead atoms. The van der Waals surface area contributed by atoms with Gasteiger partial charge < -0.3 is 10.6 Å². The standard InChI is InChI=1S/C15H25N5O3/c1-15(2,3)17-12(21)9-16-13(22)10-20-14(23)19-8-6-4-5-7-11(19)18-20/h4-10H2,1-3H3,(H,16,22)(H,17,21). The molecule has 23 heavy (non-hydrogen) atoms. The predicted octanol–water partition coefficient (Wildman–Crippen LogP) is -0.198. The highest BCUT2D eigenvalue weighted by molar-refractivity contribution is 5.84. The van der Waals surface area contributed by atoms with Crippen LogP contribution >= 0.6 is 0 Å². The second kappa shape index (κ2) is 6.97. The first-order chi connectivity index (χ1) is 10.8. The molecule has 1 aliphatic rings. The summed E-state index contributed by atoms with van der Waals surface area (Å²) in [4.78, 5) is 35.8. The molecular formula is C15H25N5O3. The summed E-state index contributed by atoms with van der Waals surface area (Å²) in [6.45, 7) is 5.98. The van der Waals surface area contributed by atoms with Crippen molar-refractivity contribution < 1.29 is 9.59 Å². The molecule has 128 valence electrons. The number of hydrogen-bond acceptors (Lipinski definition) is 4. The van der Waals surface area contributed by atoms with E-state index in [1.807, 2.05) is 20.8 Å². The van der Waals surface area contributed by atoms with Crippen molar-refractivity contribution in [3.8, 4) is 0 Å². The van der Waals surface area contributed by atoms with Gasteiger partial charge in [0.05, 0.1) is 6.54 Å². The van der Waals surface area contributed by atoms with Crippen molar-refractivity contribution in [3.05, 3.63) is 16.3 Å². The number of nitrogens with one attached hydrogen (secondary N) is 2. The maximum absolute atomic E-state index is 12.2. The largest absolute Gasteiger partial charge is 0.350 e. The summed E-state index contributed by atoms with van der Waals surface area (Å²) in [5.41, 5.74) is -0.601. The second-order valence-electron chi connectivity index (χ2n) is 6.89. The first-order valence-corrected chi connectivity index (χ1v) is 8.00. The van der Waals surface area contributed by atoms with E-state index in [2.05, 4.69) is 15.7 Å². The quantitative estimate of drug-likeness (QED) is 0.802. The number of carbonyl (C=O) groups excluding carboxylic acids is 2. The molecule has 8 nitrogen and oxygen atoms in total. The van der Waals surface area contributed by atoms with Crippen LogP contribution in [0, 0.1) is 0 Å². The minimum Gasteiger partial charge on any atom is -0.350 e. The van der Waals surface area contributed by atoms with Crippen LogP contribution < -0.4 is 16.3 Å². The Morgan fingerprint density at radius 3 is 2.61 bits per heavy atom. The van der Waals surface area contributed by atoms with E-state index >= 15 is 0 Å². The van der Waals surface area contributed by atoms with Gasteiger partial charge in [-0.3, -0.25) is 14.2 Å². The molecule has 0 aromatic carbocycles. The minimum absolute atomic E-state index is 0.113. The molecule has 1 aromatic rings. The highest BCUT2D eigenvalue weighted by atomic mass is 16.2. The Hall–Kier alpha value is -2.12. The normalized spacial score (nSPS) is 14.7. The Balaban J connectivity index is 1.91. The van der Waals surface area contributed by atoms with Gasteiger partial charge >= 0.3 is 5.69 Å². The van der Waals surface area contributed by atoms with Crippen LogP contribution in [0.4, 0.5) is 0 Å². The van der Waals surface area contributed by atoms with Crippen LogP contribution in [0.2, 0.25) is 0 Å². The van der Waals surface area contributed by atoms with E-state index in [1.165, 1.54) is 4.68 Å². The fraction of sp³-hybridized carbons (Fsp3) is 0.733. The van der Waals surface area contributed by atoms with Crippen molar-refractivity contribution in [3.63, 3.8) is 0 Å². The van der Waals surface area contributed by atoms with Crippen molar-refractivity contribution in [2.45, 2.75) is 65.1 Å². The van der Waals surface area contributed by atoms with Crippen LogP contribution in [-0.4, -0.2) is 38.2 Å². The van der Waals surface area contributed by atoms with E-state index in [0.717, 1.165) is 31.5 Å². The number of rotatable bonds is 4. The third kappa shape index (κ3) is 4.94. The van der Waals surface area contributed by atoms with Gasteiger partial charge in [-0.25, -0.2) is 9.48 Å². The Morgan fingerprint density at radius 1 is 1.17 bits per heavy atom. The molecule has 0 spiro atoms. The predicted molar refractivity (Wildman–Crippen MR) is 84.9 cm³/mol. The van der Waals surface area contributed by atoms with Gasteiger partial charge in [0.15, 0.2) is 0 Å². The molecule has 0 atom stereocenters. The van der Waals surface area contributed by atoms with Crippen molar-refractivity contribution in [2.75, 3.05) is 6.54 Å². The van der Waals surface area contributed by atoms with Gasteiger partial charge in [0.1, 0.15) is 12.4 Å². The van der Waals surface area contributed by atoms with Gasteiger partial charge in [-0.05, 0) is 33.6 Å². The number of nitrogens with zero attached hydrogens (tertiary/aromatic N) is 3. The lowest BCUT2D eigenvalue weighted by Gasteiger charge is -2.20. The number of amides is 2. The topological polar surface area (TPSA) is 98.0 Å². The molecule has 0 saturated carbocycles. The van der Waals surface area contributed by atoms with E-state index in [0.29, 0.717) is 6.54 Å². The summed E-state index contributed by atoms with van der Waals surface area (Å²) in [7, 11) is 0. The van der Waals surface area contributed by atoms with Gasteiger partial charge in [0.2, 0.25) is 11.8 Å². The first-order valence-electron chi connectivity index (χ1n) is 8.00. The molecule has 1 aromatic heterocycles. The molecule has 2 heterocycles. The number of carbonyl (C=O) groups is 2. The zero-order valence-corrected chi connectivity index (χ0v) is 14.0. The van der Waals surface area contributed by atoms with E-state index in [1.54, 1.807) is 4.57 Å². The lowest BCUT2D eigenvalue weighted by Crippen LogP contribution is -2.46. The fourth-order valence-corrected chi connectivity index (χ4v) is 2.56. The first kappa shape index (κ1) is 17.2. The molecule has 2 rings (SSSR count). The smallest absolute Gasteiger partial charge is 0.346 e. The number of hydrogen-bond donors (Lipinski definition) is 2. The van der Waals surface area contributed by atoms with Crippen LogP contribution in [0.1, 0.15) is 45.9 Å². The van der Waals surface area contributed by atoms with Crippen molar-refractivity contribution in [1.82, 2.24) is 25.0 Å². The molecule has 1 aliphatic heterocycles. The monoisotopic (exact) mass is 323 g/mol. The van der Waals surface area contributed by atoms with E-state index in [9.17, 15) is 14.4 Å². The molecule has 2 N–H and O–H groups in total. The summed E-state index contributed by atoms with van der Waals surface area (Å²) in [6, 6.07) is 0. The van der Waals surface area contributed by atoms with Gasteiger partial charge in [0, 0.05) is 18.5 Å². The molecule has 0 aliphatic carbocycles. The minimum atomic E-state index is -0.399. The van der Waals surface area contributed by atoms with Crippen LogP contribution in [0.25, 0.3) is 0 Å². The number of fused-ring (bicyclic) bond motifs is 1. The van der Waals surface area contributed by atoms with Crippen molar-refractivity contribution in [1.29, 1.82) is 0 Å². The Labute approximate surface area is 135 Å². The van der Waals surface area contributed by atoms with E-state index < -0.39 is 5.91 Å². The maximum atomic E-state index is 12.2. The zero-order valence-electron chi connectivity index (χ0n) is 14.0. The molecule has 0 unspecified atom stereocenters. The SMILES string of the molecule is CC(C)(C)NC(=O)CNC(=O)Cn1nc2n(c1=O)CCCCC2. The van der Waals surface area contributed by atoms with Crippen molar-refractivity contribution in [2.24, 2.45) is 0 Å². The molecule has 0 fully saturated rings. The average Bonchev–Trinajstić information content (AvgIpc) is 2.63. The fourth-order valence-electron chi connectivity index (χ4n) is 2.56. The molecule has 0 radical (unpaired) electrons. The Morgan fingerprint density at radius 2 is 1.91 bits per heavy atom. The zero-order chi connectivity index (χ0) is 17.0. The third-order valence-corrected chi connectivity index (χ3v) is 3.54. The highest BCUT2D eigenvalue weighted by Gasteiger charge is 2.18. The molecule has 0 saturated heterocycles. The van der Waals surface area contributed by atoms with Crippen LogP contribution in [0.15, 0.2) is 4.79 Å². The summed E-state index contributed by atoms with van der Waals surface area (Å²) in [5, 5.41) is 9.51. The van der Waals surface area contributed by atoms with E-state index in [-0.39, 0.29) is 30.2 Å². The highest BCUT2D eigenvalue weighted by Crippen LogP contribution is 2.10. The van der Waals surface area contributed by atoms with Crippen LogP contribution in [0.3, 0.4) is 0 Å². The lowest BCUT2D eigenvalue weighted by atomic mass is 10.1. The number of aryl methyl sites for hydroxylation is 1. The summed E-state index contributed by atoms with van der Waals surface area (Å²) in [6.07, 6.45) is 3.82. The molecule has 8 heteroatoms. The average molecular weight is 323 g/mol. The second-order valence-corrected chi connectivity index (χ2v) is 6.89. The lowest BCUT2D eigenvalue weighted by molar-refractivity contribution is -0.127. The Bertz CT molecular complexity index is 639. The summed E-state index contributed by atoms with van der Waals surface area (Å²) < 4.78 is 2.82. The Kier molecular flexibility index (Phi) is 5.23. The van der Waals surface area contributed by atoms with Gasteiger partial charge in [-0.1, -0.05) is 6.42 Å². The summed E-state index contributed by atoms with van der Waals surface area (Å²) in [5.74, 6) is 0.0778. The molecule has 2 amide bonds. The van der Waals surface area contributed by atoms with Crippen LogP contribution in [-0.2, 0) is 29.1 Å². The number of aromatic nitrogens is 3. The van der Waals surface area contributed by atoms with E-state index in [4.69, 9.17) is 0 Å². The van der Waals surface area contributed by atoms with Gasteiger partial charge in [-0.15, -0.1) is 0 Å². The summed E-state index contributed by atoms with van der Waals surface area (Å²) >= 11 is 0. The maximum Gasteiger partial charge on any atom is 0.346 e. The van der Waals surface area contributed by atoms with Crippen molar-refractivity contribution >= 4 is 11.8 Å².